The van der Waals surface area contributed by atoms with Crippen LogP contribution in [0.2, 0.25) is 0 Å². The van der Waals surface area contributed by atoms with E-state index in [1.807, 2.05) is 4.68 Å². The Kier molecular flexibility index (Phi) is 4.02. The van der Waals surface area contributed by atoms with Crippen molar-refractivity contribution in [2.45, 2.75) is 71.4 Å². The van der Waals surface area contributed by atoms with E-state index in [-0.39, 0.29) is 11.6 Å². The van der Waals surface area contributed by atoms with Gasteiger partial charge < -0.3 is 10.1 Å². The highest BCUT2D eigenvalue weighted by atomic mass is 16.5. The minimum absolute atomic E-state index is 0.0924. The molecule has 1 N–H and O–H groups in total. The number of aromatic nitrogens is 3. The summed E-state index contributed by atoms with van der Waals surface area (Å²) < 4.78 is 7.79. The molecule has 0 radical (unpaired) electrons. The average molecular weight is 252 g/mol. The maximum atomic E-state index is 5.83. The summed E-state index contributed by atoms with van der Waals surface area (Å²) in [4.78, 5) is 4.31. The van der Waals surface area contributed by atoms with Gasteiger partial charge in [0.05, 0.1) is 25.3 Å². The molecule has 5 heteroatoms. The highest BCUT2D eigenvalue weighted by molar-refractivity contribution is 4.87. The number of ether oxygens (including phenoxy) is 1. The lowest BCUT2D eigenvalue weighted by Gasteiger charge is -2.20. The summed E-state index contributed by atoms with van der Waals surface area (Å²) in [5.74, 6) is 0.980. The van der Waals surface area contributed by atoms with E-state index in [4.69, 9.17) is 4.74 Å². The van der Waals surface area contributed by atoms with Crippen LogP contribution in [-0.4, -0.2) is 32.5 Å². The molecular formula is C13H24N4O. The molecule has 18 heavy (non-hydrogen) atoms. The van der Waals surface area contributed by atoms with Gasteiger partial charge in [-0.15, -0.1) is 0 Å². The molecule has 2 rings (SSSR count). The lowest BCUT2D eigenvalue weighted by atomic mass is 10.1. The van der Waals surface area contributed by atoms with Crippen LogP contribution in [0.25, 0.3) is 0 Å². The van der Waals surface area contributed by atoms with Crippen LogP contribution in [0.5, 0.6) is 0 Å². The van der Waals surface area contributed by atoms with Gasteiger partial charge in [0.15, 0.2) is 0 Å². The van der Waals surface area contributed by atoms with Crippen molar-refractivity contribution in [2.24, 2.45) is 0 Å². The Morgan fingerprint density at radius 1 is 1.44 bits per heavy atom. The van der Waals surface area contributed by atoms with Crippen LogP contribution >= 0.6 is 0 Å². The third-order valence-electron chi connectivity index (χ3n) is 3.17. The second kappa shape index (κ2) is 5.36. The lowest BCUT2D eigenvalue weighted by Crippen LogP contribution is -2.36. The maximum absolute atomic E-state index is 5.83. The summed E-state index contributed by atoms with van der Waals surface area (Å²) in [5, 5.41) is 7.73. The van der Waals surface area contributed by atoms with E-state index in [0.717, 1.165) is 31.8 Å². The van der Waals surface area contributed by atoms with Gasteiger partial charge >= 0.3 is 0 Å². The van der Waals surface area contributed by atoms with Gasteiger partial charge in [0.2, 0.25) is 0 Å². The number of hydrogen-bond acceptors (Lipinski definition) is 4. The predicted octanol–water partition coefficient (Wildman–Crippen LogP) is 1.73. The van der Waals surface area contributed by atoms with Crippen molar-refractivity contribution >= 4 is 0 Å². The van der Waals surface area contributed by atoms with Gasteiger partial charge in [-0.1, -0.05) is 0 Å². The van der Waals surface area contributed by atoms with Gasteiger partial charge in [0.1, 0.15) is 12.2 Å². The molecule has 2 unspecified atom stereocenters. The van der Waals surface area contributed by atoms with Gasteiger partial charge in [-0.25, -0.2) is 9.67 Å². The first kappa shape index (κ1) is 13.5. The Morgan fingerprint density at radius 3 is 2.83 bits per heavy atom. The molecule has 1 aliphatic heterocycles. The minimum Gasteiger partial charge on any atom is -0.373 e. The van der Waals surface area contributed by atoms with Crippen LogP contribution in [0.1, 0.15) is 46.4 Å². The largest absolute Gasteiger partial charge is 0.373 e. The highest BCUT2D eigenvalue weighted by Gasteiger charge is 2.23. The summed E-state index contributed by atoms with van der Waals surface area (Å²) in [7, 11) is 0. The first-order valence-corrected chi connectivity index (χ1v) is 6.71. The number of rotatable bonds is 4. The molecule has 2 heterocycles. The van der Waals surface area contributed by atoms with Gasteiger partial charge in [-0.05, 0) is 40.5 Å². The van der Waals surface area contributed by atoms with E-state index in [9.17, 15) is 0 Å². The summed E-state index contributed by atoms with van der Waals surface area (Å²) in [6.07, 6.45) is 4.56. The fourth-order valence-corrected chi connectivity index (χ4v) is 2.13. The SMILES string of the molecule is CC1CCC(Cn2ncnc2CNC(C)(C)C)O1. The van der Waals surface area contributed by atoms with Crippen molar-refractivity contribution in [1.29, 1.82) is 0 Å². The molecule has 1 fully saturated rings. The molecule has 0 bridgehead atoms. The summed E-state index contributed by atoms with van der Waals surface area (Å²) >= 11 is 0. The first-order chi connectivity index (χ1) is 8.44. The van der Waals surface area contributed by atoms with Crippen molar-refractivity contribution in [3.8, 4) is 0 Å². The molecule has 1 aliphatic rings. The van der Waals surface area contributed by atoms with E-state index in [1.165, 1.54) is 0 Å². The normalized spacial score (nSPS) is 24.7. The van der Waals surface area contributed by atoms with E-state index in [2.05, 4.69) is 43.1 Å². The topological polar surface area (TPSA) is 52.0 Å². The molecule has 5 nitrogen and oxygen atoms in total. The average Bonchev–Trinajstić information content (AvgIpc) is 2.85. The smallest absolute Gasteiger partial charge is 0.140 e. The zero-order valence-corrected chi connectivity index (χ0v) is 11.8. The Morgan fingerprint density at radius 2 is 2.22 bits per heavy atom. The predicted molar refractivity (Wildman–Crippen MR) is 70.2 cm³/mol. The molecule has 0 aromatic carbocycles. The Balaban J connectivity index is 1.91. The number of nitrogens with zero attached hydrogens (tertiary/aromatic N) is 3. The highest BCUT2D eigenvalue weighted by Crippen LogP contribution is 2.20. The summed E-state index contributed by atoms with van der Waals surface area (Å²) in [6, 6.07) is 0. The Labute approximate surface area is 109 Å². The zero-order chi connectivity index (χ0) is 13.2. The van der Waals surface area contributed by atoms with E-state index in [0.29, 0.717) is 6.10 Å². The fourth-order valence-electron chi connectivity index (χ4n) is 2.13. The van der Waals surface area contributed by atoms with Crippen molar-refractivity contribution < 1.29 is 4.74 Å². The summed E-state index contributed by atoms with van der Waals surface area (Å²) in [5.41, 5.74) is 0.0924. The van der Waals surface area contributed by atoms with Crippen LogP contribution in [0.4, 0.5) is 0 Å². The Bertz CT molecular complexity index is 383. The molecule has 2 atom stereocenters. The quantitative estimate of drug-likeness (QED) is 0.886. The number of nitrogens with one attached hydrogen (secondary N) is 1. The number of hydrogen-bond donors (Lipinski definition) is 1. The summed E-state index contributed by atoms with van der Waals surface area (Å²) in [6.45, 7) is 10.1. The second-order valence-corrected chi connectivity index (χ2v) is 6.11. The molecule has 0 spiro atoms. The zero-order valence-electron chi connectivity index (χ0n) is 11.8. The molecule has 1 saturated heterocycles. The molecule has 1 aromatic rings. The van der Waals surface area contributed by atoms with Crippen LogP contribution in [0.3, 0.4) is 0 Å². The van der Waals surface area contributed by atoms with E-state index < -0.39 is 0 Å². The van der Waals surface area contributed by atoms with Gasteiger partial charge in [-0.3, -0.25) is 0 Å². The first-order valence-electron chi connectivity index (χ1n) is 6.71. The van der Waals surface area contributed by atoms with Crippen molar-refractivity contribution in [2.75, 3.05) is 0 Å². The van der Waals surface area contributed by atoms with Crippen LogP contribution in [-0.2, 0) is 17.8 Å². The molecule has 102 valence electrons. The van der Waals surface area contributed by atoms with Gasteiger partial charge in [0, 0.05) is 5.54 Å². The van der Waals surface area contributed by atoms with Crippen LogP contribution in [0, 0.1) is 0 Å². The maximum Gasteiger partial charge on any atom is 0.140 e. The molecule has 1 aromatic heterocycles. The van der Waals surface area contributed by atoms with Crippen LogP contribution < -0.4 is 5.32 Å². The second-order valence-electron chi connectivity index (χ2n) is 6.11. The molecule has 0 aliphatic carbocycles. The van der Waals surface area contributed by atoms with Crippen LogP contribution in [0.15, 0.2) is 6.33 Å². The van der Waals surface area contributed by atoms with Crippen molar-refractivity contribution in [1.82, 2.24) is 20.1 Å². The minimum atomic E-state index is 0.0924. The Hall–Kier alpha value is -0.940. The van der Waals surface area contributed by atoms with Crippen molar-refractivity contribution in [3.63, 3.8) is 0 Å². The lowest BCUT2D eigenvalue weighted by molar-refractivity contribution is 0.0430. The van der Waals surface area contributed by atoms with Gasteiger partial charge in [-0.2, -0.15) is 5.10 Å². The van der Waals surface area contributed by atoms with E-state index >= 15 is 0 Å². The monoisotopic (exact) mass is 252 g/mol. The van der Waals surface area contributed by atoms with E-state index in [1.54, 1.807) is 6.33 Å². The standard InChI is InChI=1S/C13H24N4O/c1-10-5-6-11(18-10)8-17-12(14-9-16-17)7-15-13(2,3)4/h9-11,15H,5-8H2,1-4H3. The molecular weight excluding hydrogens is 228 g/mol. The third kappa shape index (κ3) is 3.78. The molecule has 0 saturated carbocycles. The van der Waals surface area contributed by atoms with Crippen molar-refractivity contribution in [3.05, 3.63) is 12.2 Å². The molecule has 0 amide bonds. The third-order valence-corrected chi connectivity index (χ3v) is 3.17. The van der Waals surface area contributed by atoms with Gasteiger partial charge in [0.25, 0.3) is 0 Å². The fraction of sp³-hybridized carbons (Fsp3) is 0.846.